The maximum Gasteiger partial charge on any atom is 0.206 e. The van der Waals surface area contributed by atoms with Gasteiger partial charge in [-0.25, -0.2) is 0 Å². The second-order valence-corrected chi connectivity index (χ2v) is 5.14. The summed E-state index contributed by atoms with van der Waals surface area (Å²) >= 11 is 8.44. The summed E-state index contributed by atoms with van der Waals surface area (Å²) in [6, 6.07) is 5.94. The first-order valence-electron chi connectivity index (χ1n) is 4.29. The highest BCUT2D eigenvalue weighted by Crippen LogP contribution is 2.35. The summed E-state index contributed by atoms with van der Waals surface area (Å²) in [6.45, 7) is 4.22. The van der Waals surface area contributed by atoms with Crippen molar-refractivity contribution >= 4 is 35.0 Å². The summed E-state index contributed by atoms with van der Waals surface area (Å²) in [5, 5.41) is 0. The van der Waals surface area contributed by atoms with Gasteiger partial charge in [0.05, 0.1) is 5.41 Å². The third-order valence-electron chi connectivity index (χ3n) is 2.25. The molecule has 74 valence electrons. The van der Waals surface area contributed by atoms with E-state index in [1.54, 1.807) is 0 Å². The third-order valence-corrected chi connectivity index (χ3v) is 2.93. The van der Waals surface area contributed by atoms with Crippen molar-refractivity contribution in [3.8, 4) is 5.75 Å². The maximum absolute atomic E-state index is 5.39. The minimum Gasteiger partial charge on any atom is -0.370 e. The monoisotopic (exact) mass is 271 g/mol. The van der Waals surface area contributed by atoms with Crippen molar-refractivity contribution in [1.29, 1.82) is 0 Å². The number of rotatable bonds is 0. The van der Waals surface area contributed by atoms with Gasteiger partial charge in [-0.3, -0.25) is 4.84 Å². The van der Waals surface area contributed by atoms with E-state index >= 15 is 0 Å². The van der Waals surface area contributed by atoms with E-state index in [0.29, 0.717) is 0 Å². The zero-order chi connectivity index (χ0) is 10.3. The third kappa shape index (κ3) is 1.64. The molecule has 0 spiro atoms. The molecule has 0 unspecified atom stereocenters. The predicted molar refractivity (Wildman–Crippen MR) is 61.5 cm³/mol. The number of hydrogen-bond donors (Lipinski definition) is 0. The van der Waals surface area contributed by atoms with Crippen molar-refractivity contribution in [2.45, 2.75) is 19.3 Å². The van der Waals surface area contributed by atoms with Gasteiger partial charge in [0.25, 0.3) is 0 Å². The summed E-state index contributed by atoms with van der Waals surface area (Å²) in [5.74, 6) is 0.829. The SMILES string of the molecule is CC1(C)C=[N+]([S-])Oc2ccc(Br)cc21. The second-order valence-electron chi connectivity index (χ2n) is 3.87. The molecule has 2 nitrogen and oxygen atoms in total. The number of halogens is 1. The minimum absolute atomic E-state index is 0.0842. The number of benzene rings is 1. The Morgan fingerprint density at radius 3 is 2.86 bits per heavy atom. The van der Waals surface area contributed by atoms with Crippen LogP contribution in [0.4, 0.5) is 0 Å². The summed E-state index contributed by atoms with van der Waals surface area (Å²) in [6.07, 6.45) is 1.89. The van der Waals surface area contributed by atoms with Crippen LogP contribution in [0.3, 0.4) is 0 Å². The highest BCUT2D eigenvalue weighted by atomic mass is 79.9. The molecular weight excluding hydrogens is 262 g/mol. The van der Waals surface area contributed by atoms with E-state index in [0.717, 1.165) is 15.8 Å². The van der Waals surface area contributed by atoms with Crippen LogP contribution < -0.4 is 4.84 Å². The molecule has 0 fully saturated rings. The molecule has 1 aromatic carbocycles. The van der Waals surface area contributed by atoms with Crippen molar-refractivity contribution in [1.82, 2.24) is 0 Å². The Labute approximate surface area is 97.2 Å². The van der Waals surface area contributed by atoms with Crippen LogP contribution in [0.5, 0.6) is 5.75 Å². The lowest BCUT2D eigenvalue weighted by Crippen LogP contribution is -2.31. The van der Waals surface area contributed by atoms with Crippen LogP contribution in [0.15, 0.2) is 22.7 Å². The normalized spacial score (nSPS) is 18.1. The van der Waals surface area contributed by atoms with Crippen LogP contribution in [0.2, 0.25) is 0 Å². The fourth-order valence-corrected chi connectivity index (χ4v) is 2.25. The molecular formula is C10H10BrNOS. The number of fused-ring (bicyclic) bond motifs is 1. The van der Waals surface area contributed by atoms with Crippen molar-refractivity contribution in [2.24, 2.45) is 0 Å². The van der Waals surface area contributed by atoms with Gasteiger partial charge in [-0.1, -0.05) is 15.9 Å². The topological polar surface area (TPSA) is 12.2 Å². The molecule has 1 aliphatic heterocycles. The Morgan fingerprint density at radius 1 is 1.43 bits per heavy atom. The van der Waals surface area contributed by atoms with Gasteiger partial charge in [0.1, 0.15) is 0 Å². The quantitative estimate of drug-likeness (QED) is 0.531. The van der Waals surface area contributed by atoms with Crippen LogP contribution in [-0.2, 0) is 18.2 Å². The van der Waals surface area contributed by atoms with Crippen LogP contribution in [0.25, 0.3) is 0 Å². The first kappa shape index (κ1) is 9.93. The van der Waals surface area contributed by atoms with Gasteiger partial charge in [0.2, 0.25) is 5.75 Å². The molecule has 0 atom stereocenters. The molecule has 14 heavy (non-hydrogen) atoms. The van der Waals surface area contributed by atoms with Crippen LogP contribution in [0, 0.1) is 0 Å². The molecule has 0 saturated carbocycles. The number of nitrogens with zero attached hydrogens (tertiary/aromatic N) is 1. The van der Waals surface area contributed by atoms with Crippen LogP contribution >= 0.6 is 15.9 Å². The Morgan fingerprint density at radius 2 is 2.14 bits per heavy atom. The van der Waals surface area contributed by atoms with Crippen molar-refractivity contribution in [2.75, 3.05) is 0 Å². The van der Waals surface area contributed by atoms with Crippen LogP contribution in [0.1, 0.15) is 19.4 Å². The van der Waals surface area contributed by atoms with E-state index in [1.165, 1.54) is 4.14 Å². The summed E-state index contributed by atoms with van der Waals surface area (Å²) < 4.78 is 2.40. The highest BCUT2D eigenvalue weighted by Gasteiger charge is 2.31. The lowest BCUT2D eigenvalue weighted by atomic mass is 9.85. The molecule has 4 heteroatoms. The van der Waals surface area contributed by atoms with Crippen molar-refractivity contribution < 1.29 is 8.98 Å². The van der Waals surface area contributed by atoms with E-state index in [2.05, 4.69) is 35.8 Å². The van der Waals surface area contributed by atoms with Crippen LogP contribution in [-0.4, -0.2) is 10.4 Å². The van der Waals surface area contributed by atoms with E-state index in [-0.39, 0.29) is 5.41 Å². The molecule has 0 N–H and O–H groups in total. The summed E-state index contributed by atoms with van der Waals surface area (Å²) in [5.41, 5.74) is 1.06. The number of hydrogen-bond acceptors (Lipinski definition) is 2. The van der Waals surface area contributed by atoms with Gasteiger partial charge in [-0.2, -0.15) is 0 Å². The molecule has 2 rings (SSSR count). The Hall–Kier alpha value is -0.610. The first-order chi connectivity index (χ1) is 6.49. The minimum atomic E-state index is -0.0842. The molecule has 0 amide bonds. The van der Waals surface area contributed by atoms with E-state index in [4.69, 9.17) is 17.7 Å². The zero-order valence-electron chi connectivity index (χ0n) is 7.95. The lowest BCUT2D eigenvalue weighted by molar-refractivity contribution is -0.611. The largest absolute Gasteiger partial charge is 0.370 e. The summed E-state index contributed by atoms with van der Waals surface area (Å²) in [4.78, 5) is 5.39. The van der Waals surface area contributed by atoms with Gasteiger partial charge >= 0.3 is 0 Å². The van der Waals surface area contributed by atoms with Gasteiger partial charge < -0.3 is 12.8 Å². The Kier molecular flexibility index (Phi) is 2.27. The molecule has 0 bridgehead atoms. The predicted octanol–water partition coefficient (Wildman–Crippen LogP) is 2.58. The molecule has 0 aromatic heterocycles. The van der Waals surface area contributed by atoms with E-state index in [9.17, 15) is 0 Å². The molecule has 0 saturated heterocycles. The van der Waals surface area contributed by atoms with Crippen molar-refractivity contribution in [3.63, 3.8) is 0 Å². The van der Waals surface area contributed by atoms with Crippen molar-refractivity contribution in [3.05, 3.63) is 28.2 Å². The van der Waals surface area contributed by atoms with E-state index in [1.807, 2.05) is 18.3 Å². The van der Waals surface area contributed by atoms with Gasteiger partial charge in [-0.05, 0) is 32.0 Å². The maximum atomic E-state index is 5.39. The fraction of sp³-hybridized carbons (Fsp3) is 0.300. The van der Waals surface area contributed by atoms with Gasteiger partial charge in [0, 0.05) is 10.0 Å². The summed E-state index contributed by atoms with van der Waals surface area (Å²) in [7, 11) is 0. The lowest BCUT2D eigenvalue weighted by Gasteiger charge is -2.25. The second kappa shape index (κ2) is 3.21. The molecule has 1 heterocycles. The molecule has 1 aromatic rings. The molecule has 1 aliphatic rings. The van der Waals surface area contributed by atoms with E-state index < -0.39 is 0 Å². The Balaban J connectivity index is 2.60. The average molecular weight is 272 g/mol. The van der Waals surface area contributed by atoms with Gasteiger partial charge in [0.15, 0.2) is 6.21 Å². The van der Waals surface area contributed by atoms with Gasteiger partial charge in [-0.15, -0.1) is 4.14 Å². The molecule has 0 radical (unpaired) electrons. The first-order valence-corrected chi connectivity index (χ1v) is 5.45. The fourth-order valence-electron chi connectivity index (χ4n) is 1.54. The standard InChI is InChI=1S/C10H10BrNOS/c1-10(2)6-12(14)13-9-4-3-7(11)5-8(9)10/h3-6H,1-2H3. The zero-order valence-corrected chi connectivity index (χ0v) is 10.4. The smallest absolute Gasteiger partial charge is 0.206 e. The average Bonchev–Trinajstić information content (AvgIpc) is 2.05. The Bertz CT molecular complexity index is 415. The highest BCUT2D eigenvalue weighted by molar-refractivity contribution is 9.10. The molecule has 0 aliphatic carbocycles.